The molecule has 3 aromatic carbocycles. The second-order valence-electron chi connectivity index (χ2n) is 10.6. The Hall–Kier alpha value is -5.23. The Balaban J connectivity index is 1.44. The quantitative estimate of drug-likeness (QED) is 0.0759. The molecule has 47 heavy (non-hydrogen) atoms. The number of amides is 2. The average Bonchev–Trinajstić information content (AvgIpc) is 3.08. The number of carbonyl (C=O) groups is 2. The highest BCUT2D eigenvalue weighted by Crippen LogP contribution is 2.35. The van der Waals surface area contributed by atoms with Gasteiger partial charge in [-0.3, -0.25) is 5.43 Å². The smallest absolute Gasteiger partial charge is 0.337 e. The minimum atomic E-state index is -1.15. The fourth-order valence-electron chi connectivity index (χ4n) is 5.09. The number of esters is 1. The lowest BCUT2D eigenvalue weighted by atomic mass is 9.95. The van der Waals surface area contributed by atoms with Crippen LogP contribution >= 0.6 is 0 Å². The van der Waals surface area contributed by atoms with Crippen molar-refractivity contribution in [3.63, 3.8) is 0 Å². The third-order valence-electron chi connectivity index (χ3n) is 7.46. The second-order valence-corrected chi connectivity index (χ2v) is 10.6. The molecule has 3 aromatic rings. The molecule has 0 unspecified atom stereocenters. The molecule has 4 N–H and O–H groups in total. The van der Waals surface area contributed by atoms with Crippen LogP contribution in [0.5, 0.6) is 17.2 Å². The molecule has 250 valence electrons. The van der Waals surface area contributed by atoms with Crippen LogP contribution in [0.2, 0.25) is 0 Å². The Bertz CT molecular complexity index is 1570. The van der Waals surface area contributed by atoms with Gasteiger partial charge in [0.25, 0.3) is 0 Å². The van der Waals surface area contributed by atoms with E-state index < -0.39 is 24.3 Å². The van der Waals surface area contributed by atoms with Crippen LogP contribution in [0.1, 0.15) is 50.4 Å². The van der Waals surface area contributed by atoms with Crippen LogP contribution in [-0.4, -0.2) is 63.0 Å². The second kappa shape index (κ2) is 16.9. The Labute approximate surface area is 275 Å². The summed E-state index contributed by atoms with van der Waals surface area (Å²) in [7, 11) is 1.28. The number of aliphatic hydroxyl groups is 1. The van der Waals surface area contributed by atoms with Crippen molar-refractivity contribution in [2.24, 2.45) is 5.10 Å². The molecular weight excluding hydrogens is 602 g/mol. The third kappa shape index (κ3) is 9.17. The van der Waals surface area contributed by atoms with E-state index >= 15 is 0 Å². The van der Waals surface area contributed by atoms with Gasteiger partial charge < -0.3 is 39.6 Å². The molecule has 1 aliphatic rings. The van der Waals surface area contributed by atoms with E-state index in [0.29, 0.717) is 41.7 Å². The topological polar surface area (TPSA) is 143 Å². The fraction of sp³-hybridized carbons (Fsp3) is 0.343. The molecule has 12 heteroatoms. The number of nitrogens with one attached hydrogen (secondary N) is 3. The summed E-state index contributed by atoms with van der Waals surface area (Å²) in [6, 6.07) is 19.7. The van der Waals surface area contributed by atoms with Gasteiger partial charge in [-0.25, -0.2) is 9.59 Å². The third-order valence-corrected chi connectivity index (χ3v) is 7.46. The van der Waals surface area contributed by atoms with Gasteiger partial charge in [0.1, 0.15) is 19.0 Å². The summed E-state index contributed by atoms with van der Waals surface area (Å²) in [4.78, 5) is 26.9. The SMILES string of the molecule is CCOc1cc([C@H]2NC(=O)NC(C)=C2C(=O)OC)ccc1OC[C@H](O)N/N=C/c1ccc(N(CC)CC)cc1OCc1ccccc1. The van der Waals surface area contributed by atoms with E-state index in [4.69, 9.17) is 18.9 Å². The maximum Gasteiger partial charge on any atom is 0.337 e. The van der Waals surface area contributed by atoms with Crippen molar-refractivity contribution in [1.29, 1.82) is 0 Å². The van der Waals surface area contributed by atoms with Crippen LogP contribution in [0.4, 0.5) is 10.5 Å². The number of benzene rings is 3. The highest BCUT2D eigenvalue weighted by atomic mass is 16.5. The van der Waals surface area contributed by atoms with Gasteiger partial charge >= 0.3 is 12.0 Å². The number of aliphatic hydroxyl groups excluding tert-OH is 1. The standard InChI is InChI=1S/C35H43N5O7/c1-6-40(7-2)27-16-14-26(29(19-27)46-21-24-12-10-9-11-13-24)20-36-39-31(41)22-47-28-17-15-25(18-30(28)45-8-3)33-32(34(42)44-5)23(4)37-35(43)38-33/h9-20,31,33,39,41H,6-8,21-22H2,1-5H3,(H2,37,38,43)/b36-20+/t31-,33+/m0/s1. The number of anilines is 1. The number of carbonyl (C=O) groups excluding carboxylic acids is 2. The number of hydrazone groups is 1. The van der Waals surface area contributed by atoms with Crippen molar-refractivity contribution in [2.45, 2.75) is 46.6 Å². The van der Waals surface area contributed by atoms with Crippen molar-refractivity contribution in [3.05, 3.63) is 94.7 Å². The first-order valence-electron chi connectivity index (χ1n) is 15.6. The van der Waals surface area contributed by atoms with Crippen LogP contribution < -0.4 is 35.2 Å². The minimum Gasteiger partial charge on any atom is -0.490 e. The molecule has 0 fully saturated rings. The van der Waals surface area contributed by atoms with Gasteiger partial charge in [-0.2, -0.15) is 5.10 Å². The monoisotopic (exact) mass is 645 g/mol. The van der Waals surface area contributed by atoms with Gasteiger partial charge in [0.15, 0.2) is 17.7 Å². The molecule has 4 rings (SSSR count). The fourth-order valence-corrected chi connectivity index (χ4v) is 5.09. The van der Waals surface area contributed by atoms with Gasteiger partial charge in [0.2, 0.25) is 0 Å². The van der Waals surface area contributed by atoms with Crippen LogP contribution in [0.15, 0.2) is 83.1 Å². The zero-order valence-corrected chi connectivity index (χ0v) is 27.4. The van der Waals surface area contributed by atoms with E-state index in [0.717, 1.165) is 29.9 Å². The molecule has 2 amide bonds. The minimum absolute atomic E-state index is 0.147. The Morgan fingerprint density at radius 2 is 1.77 bits per heavy atom. The van der Waals surface area contributed by atoms with E-state index in [9.17, 15) is 14.7 Å². The molecule has 0 saturated heterocycles. The van der Waals surface area contributed by atoms with Crippen LogP contribution in [0.3, 0.4) is 0 Å². The lowest BCUT2D eigenvalue weighted by molar-refractivity contribution is -0.136. The highest BCUT2D eigenvalue weighted by molar-refractivity contribution is 5.95. The number of urea groups is 1. The maximum atomic E-state index is 12.5. The summed E-state index contributed by atoms with van der Waals surface area (Å²) in [6.45, 7) is 9.99. The van der Waals surface area contributed by atoms with Crippen LogP contribution in [0.25, 0.3) is 0 Å². The van der Waals surface area contributed by atoms with Crippen LogP contribution in [-0.2, 0) is 16.1 Å². The van der Waals surface area contributed by atoms with Crippen molar-refractivity contribution in [1.82, 2.24) is 16.1 Å². The predicted octanol–water partition coefficient (Wildman–Crippen LogP) is 4.63. The number of ether oxygens (including phenoxy) is 4. The molecule has 12 nitrogen and oxygen atoms in total. The van der Waals surface area contributed by atoms with E-state index in [2.05, 4.69) is 39.9 Å². The number of methoxy groups -OCH3 is 1. The molecule has 0 saturated carbocycles. The van der Waals surface area contributed by atoms with Gasteiger partial charge in [-0.05, 0) is 63.1 Å². The Morgan fingerprint density at radius 1 is 1.00 bits per heavy atom. The highest BCUT2D eigenvalue weighted by Gasteiger charge is 2.32. The van der Waals surface area contributed by atoms with Crippen molar-refractivity contribution >= 4 is 23.9 Å². The average molecular weight is 646 g/mol. The van der Waals surface area contributed by atoms with Gasteiger partial charge in [0.05, 0.1) is 31.5 Å². The summed E-state index contributed by atoms with van der Waals surface area (Å²) in [5.74, 6) is 0.845. The molecule has 2 atom stereocenters. The number of hydrogen-bond acceptors (Lipinski definition) is 10. The van der Waals surface area contributed by atoms with Gasteiger partial charge in [-0.1, -0.05) is 36.4 Å². The van der Waals surface area contributed by atoms with Crippen molar-refractivity contribution in [3.8, 4) is 17.2 Å². The largest absolute Gasteiger partial charge is 0.490 e. The summed E-state index contributed by atoms with van der Waals surface area (Å²) in [6.07, 6.45) is 0.446. The van der Waals surface area contributed by atoms with Crippen LogP contribution in [0, 0.1) is 0 Å². The van der Waals surface area contributed by atoms with E-state index in [1.165, 1.54) is 7.11 Å². The molecule has 0 bridgehead atoms. The van der Waals surface area contributed by atoms with E-state index in [-0.39, 0.29) is 12.2 Å². The van der Waals surface area contributed by atoms with E-state index in [1.54, 1.807) is 31.3 Å². The molecule has 1 aliphatic heterocycles. The molecule has 0 aromatic heterocycles. The van der Waals surface area contributed by atoms with Crippen molar-refractivity contribution in [2.75, 3.05) is 38.3 Å². The summed E-state index contributed by atoms with van der Waals surface area (Å²) in [5, 5.41) is 20.2. The zero-order valence-electron chi connectivity index (χ0n) is 27.4. The molecular formula is C35H43N5O7. The molecule has 0 aliphatic carbocycles. The first-order valence-corrected chi connectivity index (χ1v) is 15.6. The molecule has 0 spiro atoms. The number of hydrogen-bond donors (Lipinski definition) is 4. The van der Waals surface area contributed by atoms with E-state index in [1.807, 2.05) is 55.5 Å². The predicted molar refractivity (Wildman–Crippen MR) is 180 cm³/mol. The number of nitrogens with zero attached hydrogens (tertiary/aromatic N) is 2. The summed E-state index contributed by atoms with van der Waals surface area (Å²) < 4.78 is 22.8. The Morgan fingerprint density at radius 3 is 2.47 bits per heavy atom. The summed E-state index contributed by atoms with van der Waals surface area (Å²) in [5.41, 5.74) is 6.79. The lowest BCUT2D eigenvalue weighted by Crippen LogP contribution is -2.45. The number of allylic oxidation sites excluding steroid dienone is 1. The maximum absolute atomic E-state index is 12.5. The first-order chi connectivity index (χ1) is 22.8. The normalized spacial score (nSPS) is 15.0. The number of rotatable bonds is 16. The zero-order chi connectivity index (χ0) is 33.8. The summed E-state index contributed by atoms with van der Waals surface area (Å²) >= 11 is 0. The molecule has 0 radical (unpaired) electrons. The van der Waals surface area contributed by atoms with Gasteiger partial charge in [0, 0.05) is 36.1 Å². The molecule has 1 heterocycles. The van der Waals surface area contributed by atoms with Gasteiger partial charge in [-0.15, -0.1) is 0 Å². The lowest BCUT2D eigenvalue weighted by Gasteiger charge is -2.28. The first kappa shape index (κ1) is 34.6. The van der Waals surface area contributed by atoms with Crippen molar-refractivity contribution < 1.29 is 33.6 Å². The Kier molecular flexibility index (Phi) is 12.5.